The summed E-state index contributed by atoms with van der Waals surface area (Å²) >= 11 is 0. The lowest BCUT2D eigenvalue weighted by atomic mass is 9.80. The van der Waals surface area contributed by atoms with Crippen molar-refractivity contribution >= 4 is 12.4 Å². The van der Waals surface area contributed by atoms with E-state index in [2.05, 4.69) is 6.92 Å². The van der Waals surface area contributed by atoms with Crippen LogP contribution in [0.25, 0.3) is 0 Å². The van der Waals surface area contributed by atoms with E-state index in [9.17, 15) is 12.9 Å². The van der Waals surface area contributed by atoms with Crippen LogP contribution in [-0.2, 0) is 13.0 Å². The Bertz CT molecular complexity index is 547. The first kappa shape index (κ1) is 14.5. The van der Waals surface area contributed by atoms with Crippen LogP contribution in [0, 0.1) is 0 Å². The highest BCUT2D eigenvalue weighted by Crippen LogP contribution is 2.15. The quantitative estimate of drug-likeness (QED) is 0.755. The minimum atomic E-state index is -4.94. The van der Waals surface area contributed by atoms with Crippen molar-refractivity contribution in [1.29, 1.82) is 0 Å². The summed E-state index contributed by atoms with van der Waals surface area (Å²) in [5, 5.41) is 0. The van der Waals surface area contributed by atoms with Gasteiger partial charge in [-0.25, -0.2) is 0 Å². The summed E-state index contributed by atoms with van der Waals surface area (Å²) in [6.45, 7) is -2.51. The van der Waals surface area contributed by atoms with Crippen molar-refractivity contribution in [2.75, 3.05) is 0 Å². The molecule has 0 amide bonds. The number of rotatable bonds is 5. The van der Waals surface area contributed by atoms with Crippen LogP contribution in [0.1, 0.15) is 18.1 Å². The van der Waals surface area contributed by atoms with Crippen molar-refractivity contribution in [2.45, 2.75) is 20.0 Å². The average Bonchev–Trinajstić information content (AvgIpc) is 2.45. The summed E-state index contributed by atoms with van der Waals surface area (Å²) in [6.07, 6.45) is 0.974. The second-order valence-electron chi connectivity index (χ2n) is 4.60. The molecule has 0 atom stereocenters. The second kappa shape index (κ2) is 6.03. The Kier molecular flexibility index (Phi) is 4.37. The predicted octanol–water partition coefficient (Wildman–Crippen LogP) is 3.88. The van der Waals surface area contributed by atoms with Crippen molar-refractivity contribution < 1.29 is 17.7 Å². The molecule has 0 saturated heterocycles. The first-order chi connectivity index (χ1) is 9.49. The topological polar surface area (TPSA) is 9.23 Å². The molecule has 1 nitrogen and oxygen atoms in total. The highest BCUT2D eigenvalue weighted by atomic mass is 19.4. The molecule has 0 spiro atoms. The normalized spacial score (nSPS) is 11.4. The third kappa shape index (κ3) is 3.79. The fourth-order valence-electron chi connectivity index (χ4n) is 1.82. The molecule has 0 aliphatic rings. The predicted molar refractivity (Wildman–Crippen MR) is 75.3 cm³/mol. The van der Waals surface area contributed by atoms with Crippen LogP contribution in [0.5, 0.6) is 5.75 Å². The maximum absolute atomic E-state index is 12.5. The Morgan fingerprint density at radius 1 is 0.850 bits per heavy atom. The number of hydrogen-bond donors (Lipinski definition) is 0. The summed E-state index contributed by atoms with van der Waals surface area (Å²) < 4.78 is 42.9. The zero-order chi connectivity index (χ0) is 14.6. The van der Waals surface area contributed by atoms with Gasteiger partial charge in [-0.15, -0.1) is 5.46 Å². The van der Waals surface area contributed by atoms with E-state index >= 15 is 0 Å². The summed E-state index contributed by atoms with van der Waals surface area (Å²) in [5.74, 6) is 0.438. The molecule has 0 aliphatic heterocycles. The second-order valence-corrected chi connectivity index (χ2v) is 4.60. The number of ether oxygens (including phenoxy) is 1. The highest BCUT2D eigenvalue weighted by molar-refractivity contribution is 6.73. The lowest BCUT2D eigenvalue weighted by Gasteiger charge is -2.15. The van der Waals surface area contributed by atoms with Crippen molar-refractivity contribution in [2.24, 2.45) is 0 Å². The molecule has 0 radical (unpaired) electrons. The lowest BCUT2D eigenvalue weighted by Crippen LogP contribution is -2.33. The van der Waals surface area contributed by atoms with Crippen LogP contribution < -0.4 is 10.2 Å². The van der Waals surface area contributed by atoms with Gasteiger partial charge in [0, 0.05) is 0 Å². The molecule has 0 N–H and O–H groups in total. The summed E-state index contributed by atoms with van der Waals surface area (Å²) in [6, 6.07) is 12.8. The third-order valence-corrected chi connectivity index (χ3v) is 3.09. The molecular weight excluding hydrogens is 264 g/mol. The van der Waals surface area contributed by atoms with E-state index in [1.165, 1.54) is 17.7 Å². The van der Waals surface area contributed by atoms with E-state index in [-0.39, 0.29) is 0 Å². The van der Waals surface area contributed by atoms with Gasteiger partial charge >= 0.3 is 6.98 Å². The van der Waals surface area contributed by atoms with Crippen molar-refractivity contribution in [3.8, 4) is 5.75 Å². The number of aryl methyl sites for hydroxylation is 1. The summed E-state index contributed by atoms with van der Waals surface area (Å²) in [7, 11) is 0. The first-order valence-electron chi connectivity index (χ1n) is 6.49. The zero-order valence-corrected chi connectivity index (χ0v) is 11.2. The van der Waals surface area contributed by atoms with Crippen molar-refractivity contribution in [1.82, 2.24) is 0 Å². The molecule has 0 bridgehead atoms. The Morgan fingerprint density at radius 3 is 1.90 bits per heavy atom. The van der Waals surface area contributed by atoms with E-state index in [1.54, 1.807) is 0 Å². The molecule has 106 valence electrons. The molecule has 2 aromatic carbocycles. The Balaban J connectivity index is 1.96. The van der Waals surface area contributed by atoms with Gasteiger partial charge in [0.05, 0.1) is 0 Å². The summed E-state index contributed by atoms with van der Waals surface area (Å²) in [5.41, 5.74) is 1.63. The molecule has 0 unspecified atom stereocenters. The first-order valence-corrected chi connectivity index (χ1v) is 6.49. The molecule has 0 saturated carbocycles. The molecule has 0 aliphatic carbocycles. The van der Waals surface area contributed by atoms with Gasteiger partial charge < -0.3 is 17.7 Å². The number of benzene rings is 2. The van der Waals surface area contributed by atoms with Gasteiger partial charge in [0.1, 0.15) is 12.4 Å². The fraction of sp³-hybridized carbons (Fsp3) is 0.200. The van der Waals surface area contributed by atoms with Crippen LogP contribution in [0.4, 0.5) is 12.9 Å². The number of hydrogen-bond acceptors (Lipinski definition) is 1. The largest absolute Gasteiger partial charge is 0.509 e. The van der Waals surface area contributed by atoms with Gasteiger partial charge in [0.2, 0.25) is 0 Å². The van der Waals surface area contributed by atoms with Gasteiger partial charge in [0.15, 0.2) is 0 Å². The molecule has 2 aromatic rings. The highest BCUT2D eigenvalue weighted by Gasteiger charge is 2.24. The van der Waals surface area contributed by atoms with E-state index in [4.69, 9.17) is 4.74 Å². The molecule has 0 aromatic heterocycles. The molecular formula is C15H15BF3O-. The van der Waals surface area contributed by atoms with Crippen LogP contribution >= 0.6 is 0 Å². The maximum Gasteiger partial charge on any atom is 0.509 e. The lowest BCUT2D eigenvalue weighted by molar-refractivity contribution is 0.306. The van der Waals surface area contributed by atoms with Gasteiger partial charge in [-0.1, -0.05) is 43.3 Å². The van der Waals surface area contributed by atoms with Crippen LogP contribution in [0.2, 0.25) is 0 Å². The van der Waals surface area contributed by atoms with Crippen LogP contribution in [0.3, 0.4) is 0 Å². The molecule has 5 heteroatoms. The average molecular weight is 279 g/mol. The fourth-order valence-corrected chi connectivity index (χ4v) is 1.82. The molecule has 0 fully saturated rings. The van der Waals surface area contributed by atoms with Crippen LogP contribution in [-0.4, -0.2) is 6.98 Å². The zero-order valence-electron chi connectivity index (χ0n) is 11.2. The minimum absolute atomic E-state index is 0.348. The van der Waals surface area contributed by atoms with Gasteiger partial charge in [-0.2, -0.15) is 0 Å². The van der Waals surface area contributed by atoms with Crippen molar-refractivity contribution in [3.63, 3.8) is 0 Å². The van der Waals surface area contributed by atoms with E-state index in [0.29, 0.717) is 12.4 Å². The van der Waals surface area contributed by atoms with Crippen molar-refractivity contribution in [3.05, 3.63) is 59.7 Å². The Labute approximate surface area is 116 Å². The van der Waals surface area contributed by atoms with Gasteiger partial charge in [0.25, 0.3) is 0 Å². The summed E-state index contributed by atoms with van der Waals surface area (Å²) in [4.78, 5) is 0. The van der Waals surface area contributed by atoms with E-state index in [1.807, 2.05) is 24.3 Å². The SMILES string of the molecule is CCc1ccc(COc2ccc([B-](F)(F)F)cc2)cc1. The van der Waals surface area contributed by atoms with Crippen LogP contribution in [0.15, 0.2) is 48.5 Å². The Hall–Kier alpha value is -1.91. The Morgan fingerprint density at radius 2 is 1.40 bits per heavy atom. The minimum Gasteiger partial charge on any atom is -0.489 e. The molecule has 0 heterocycles. The molecule has 2 rings (SSSR count). The third-order valence-electron chi connectivity index (χ3n) is 3.09. The molecule has 20 heavy (non-hydrogen) atoms. The maximum atomic E-state index is 12.5. The van der Waals surface area contributed by atoms with Gasteiger partial charge in [-0.3, -0.25) is 0 Å². The van der Waals surface area contributed by atoms with E-state index < -0.39 is 12.4 Å². The van der Waals surface area contributed by atoms with Gasteiger partial charge in [-0.05, 0) is 29.7 Å². The standard InChI is InChI=1S/C15H15BF3O/c1-2-12-3-5-13(6-4-12)11-20-15-9-7-14(8-10-15)16(17,18)19/h3-10H,2,11H2,1H3/q-1. The number of halogens is 3. The smallest absolute Gasteiger partial charge is 0.489 e. The monoisotopic (exact) mass is 279 g/mol. The van der Waals surface area contributed by atoms with E-state index in [0.717, 1.165) is 24.1 Å².